The van der Waals surface area contributed by atoms with Crippen molar-refractivity contribution in [1.82, 2.24) is 15.5 Å². The maximum Gasteiger partial charge on any atom is 0.320 e. The lowest BCUT2D eigenvalue weighted by molar-refractivity contribution is -0.139. The summed E-state index contributed by atoms with van der Waals surface area (Å²) in [5, 5.41) is 19.8. The van der Waals surface area contributed by atoms with Gasteiger partial charge in [0.25, 0.3) is 0 Å². The summed E-state index contributed by atoms with van der Waals surface area (Å²) in [5.74, 6) is -0.0504. The van der Waals surface area contributed by atoms with Gasteiger partial charge in [0.1, 0.15) is 6.04 Å². The van der Waals surface area contributed by atoms with E-state index >= 15 is 0 Å². The lowest BCUT2D eigenvalue weighted by Crippen LogP contribution is -2.36. The van der Waals surface area contributed by atoms with Crippen molar-refractivity contribution < 1.29 is 14.3 Å². The van der Waals surface area contributed by atoms with Crippen LogP contribution in [0.4, 0.5) is 0 Å². The number of hydrogen-bond acceptors (Lipinski definition) is 5. The molecule has 0 spiro atoms. The zero-order valence-corrected chi connectivity index (χ0v) is 11.2. The van der Waals surface area contributed by atoms with Crippen LogP contribution in [0.25, 0.3) is 11.5 Å². The van der Waals surface area contributed by atoms with Gasteiger partial charge in [0, 0.05) is 5.56 Å². The highest BCUT2D eigenvalue weighted by Gasteiger charge is 2.17. The van der Waals surface area contributed by atoms with Gasteiger partial charge in [-0.2, -0.15) is 0 Å². The Balaban J connectivity index is 1.98. The molecule has 0 aliphatic heterocycles. The van der Waals surface area contributed by atoms with Crippen LogP contribution in [0.3, 0.4) is 0 Å². The SMILES string of the molecule is CCCC(NCc1nnc(-c2ccccc2)o1)C(=O)O. The average molecular weight is 275 g/mol. The van der Waals surface area contributed by atoms with Crippen LogP contribution in [0.5, 0.6) is 0 Å². The average Bonchev–Trinajstić information content (AvgIpc) is 2.93. The summed E-state index contributed by atoms with van der Waals surface area (Å²) >= 11 is 0. The van der Waals surface area contributed by atoms with Crippen LogP contribution < -0.4 is 5.32 Å². The molecule has 0 aliphatic rings. The minimum absolute atomic E-state index is 0.247. The number of rotatable bonds is 7. The first-order valence-electron chi connectivity index (χ1n) is 6.54. The summed E-state index contributed by atoms with van der Waals surface area (Å²) in [5.41, 5.74) is 0.842. The number of carboxylic acid groups (broad SMARTS) is 1. The number of carboxylic acids is 1. The van der Waals surface area contributed by atoms with Crippen LogP contribution >= 0.6 is 0 Å². The van der Waals surface area contributed by atoms with Crippen LogP contribution in [0.2, 0.25) is 0 Å². The predicted octanol–water partition coefficient (Wildman–Crippen LogP) is 2.08. The van der Waals surface area contributed by atoms with Crippen molar-refractivity contribution in [2.45, 2.75) is 32.4 Å². The third kappa shape index (κ3) is 3.64. The minimum Gasteiger partial charge on any atom is -0.480 e. The van der Waals surface area contributed by atoms with Gasteiger partial charge in [0.05, 0.1) is 6.54 Å². The molecule has 0 radical (unpaired) electrons. The molecule has 0 bridgehead atoms. The number of nitrogens with one attached hydrogen (secondary N) is 1. The summed E-state index contributed by atoms with van der Waals surface area (Å²) in [4.78, 5) is 11.0. The van der Waals surface area contributed by atoms with E-state index in [9.17, 15) is 4.79 Å². The Bertz CT molecular complexity index is 554. The van der Waals surface area contributed by atoms with E-state index in [1.165, 1.54) is 0 Å². The van der Waals surface area contributed by atoms with E-state index < -0.39 is 12.0 Å². The molecule has 1 aromatic heterocycles. The van der Waals surface area contributed by atoms with Crippen molar-refractivity contribution in [2.24, 2.45) is 0 Å². The highest BCUT2D eigenvalue weighted by molar-refractivity contribution is 5.73. The Kier molecular flexibility index (Phi) is 4.84. The number of benzene rings is 1. The van der Waals surface area contributed by atoms with Gasteiger partial charge in [0.2, 0.25) is 11.8 Å². The molecular weight excluding hydrogens is 258 g/mol. The van der Waals surface area contributed by atoms with Crippen LogP contribution in [-0.4, -0.2) is 27.3 Å². The van der Waals surface area contributed by atoms with Crippen LogP contribution in [0.15, 0.2) is 34.7 Å². The van der Waals surface area contributed by atoms with E-state index in [0.29, 0.717) is 18.2 Å². The van der Waals surface area contributed by atoms with E-state index in [2.05, 4.69) is 15.5 Å². The molecule has 106 valence electrons. The van der Waals surface area contributed by atoms with E-state index in [1.807, 2.05) is 37.3 Å². The Morgan fingerprint density at radius 3 is 2.75 bits per heavy atom. The highest BCUT2D eigenvalue weighted by atomic mass is 16.4. The normalized spacial score (nSPS) is 12.2. The number of carbonyl (C=O) groups is 1. The van der Waals surface area contributed by atoms with Crippen LogP contribution in [0, 0.1) is 0 Å². The molecule has 1 aromatic carbocycles. The molecule has 6 nitrogen and oxygen atoms in total. The predicted molar refractivity (Wildman–Crippen MR) is 72.9 cm³/mol. The topological polar surface area (TPSA) is 88.3 Å². The molecule has 20 heavy (non-hydrogen) atoms. The first-order valence-corrected chi connectivity index (χ1v) is 6.54. The van der Waals surface area contributed by atoms with Gasteiger partial charge in [-0.15, -0.1) is 10.2 Å². The van der Waals surface area contributed by atoms with Gasteiger partial charge in [-0.25, -0.2) is 0 Å². The second-order valence-corrected chi connectivity index (χ2v) is 4.43. The fourth-order valence-electron chi connectivity index (χ4n) is 1.83. The molecule has 2 N–H and O–H groups in total. The monoisotopic (exact) mass is 275 g/mol. The lowest BCUT2D eigenvalue weighted by Gasteiger charge is -2.11. The lowest BCUT2D eigenvalue weighted by atomic mass is 10.2. The van der Waals surface area contributed by atoms with Gasteiger partial charge in [-0.1, -0.05) is 31.5 Å². The standard InChI is InChI=1S/C14H17N3O3/c1-2-6-11(14(18)19)15-9-12-16-17-13(20-12)10-7-4-3-5-8-10/h3-5,7-8,11,15H,2,6,9H2,1H3,(H,18,19). The van der Waals surface area contributed by atoms with Crippen LogP contribution in [-0.2, 0) is 11.3 Å². The molecule has 0 fully saturated rings. The van der Waals surface area contributed by atoms with Crippen molar-refractivity contribution in [2.75, 3.05) is 0 Å². The fourth-order valence-corrected chi connectivity index (χ4v) is 1.83. The first kappa shape index (κ1) is 14.2. The molecule has 0 aliphatic carbocycles. The van der Waals surface area contributed by atoms with Gasteiger partial charge in [0.15, 0.2) is 0 Å². The van der Waals surface area contributed by atoms with Crippen molar-refractivity contribution in [3.63, 3.8) is 0 Å². The zero-order chi connectivity index (χ0) is 14.4. The molecule has 0 saturated heterocycles. The Hall–Kier alpha value is -2.21. The second kappa shape index (κ2) is 6.81. The third-order valence-electron chi connectivity index (χ3n) is 2.86. The largest absolute Gasteiger partial charge is 0.480 e. The molecular formula is C14H17N3O3. The van der Waals surface area contributed by atoms with Gasteiger partial charge in [-0.3, -0.25) is 10.1 Å². The Labute approximate surface area is 116 Å². The number of nitrogens with zero attached hydrogens (tertiary/aromatic N) is 2. The quantitative estimate of drug-likeness (QED) is 0.804. The second-order valence-electron chi connectivity index (χ2n) is 4.43. The van der Waals surface area contributed by atoms with E-state index in [-0.39, 0.29) is 6.54 Å². The molecule has 2 aromatic rings. The summed E-state index contributed by atoms with van der Waals surface area (Å²) in [6, 6.07) is 8.85. The fraction of sp³-hybridized carbons (Fsp3) is 0.357. The molecule has 6 heteroatoms. The molecule has 0 amide bonds. The molecule has 0 saturated carbocycles. The van der Waals surface area contributed by atoms with Crippen molar-refractivity contribution in [3.8, 4) is 11.5 Å². The third-order valence-corrected chi connectivity index (χ3v) is 2.86. The Morgan fingerprint density at radius 1 is 1.35 bits per heavy atom. The molecule has 1 atom stereocenters. The maximum absolute atomic E-state index is 11.0. The summed E-state index contributed by atoms with van der Waals surface area (Å²) < 4.78 is 5.50. The smallest absolute Gasteiger partial charge is 0.320 e. The maximum atomic E-state index is 11.0. The summed E-state index contributed by atoms with van der Waals surface area (Å²) in [6.07, 6.45) is 1.36. The number of aliphatic carboxylic acids is 1. The van der Waals surface area contributed by atoms with Crippen LogP contribution in [0.1, 0.15) is 25.7 Å². The number of aromatic nitrogens is 2. The first-order chi connectivity index (χ1) is 9.70. The van der Waals surface area contributed by atoms with E-state index in [0.717, 1.165) is 12.0 Å². The highest BCUT2D eigenvalue weighted by Crippen LogP contribution is 2.16. The minimum atomic E-state index is -0.866. The van der Waals surface area contributed by atoms with E-state index in [1.54, 1.807) is 0 Å². The Morgan fingerprint density at radius 2 is 2.10 bits per heavy atom. The number of hydrogen-bond donors (Lipinski definition) is 2. The van der Waals surface area contributed by atoms with Crippen molar-refractivity contribution in [3.05, 3.63) is 36.2 Å². The van der Waals surface area contributed by atoms with Gasteiger partial charge < -0.3 is 9.52 Å². The summed E-state index contributed by atoms with van der Waals surface area (Å²) in [6.45, 7) is 2.19. The van der Waals surface area contributed by atoms with E-state index in [4.69, 9.17) is 9.52 Å². The summed E-state index contributed by atoms with van der Waals surface area (Å²) in [7, 11) is 0. The van der Waals surface area contributed by atoms with Crippen molar-refractivity contribution in [1.29, 1.82) is 0 Å². The van der Waals surface area contributed by atoms with Crippen molar-refractivity contribution >= 4 is 5.97 Å². The molecule has 2 rings (SSSR count). The molecule has 1 unspecified atom stereocenters. The zero-order valence-electron chi connectivity index (χ0n) is 11.2. The van der Waals surface area contributed by atoms with Gasteiger partial charge in [-0.05, 0) is 18.6 Å². The van der Waals surface area contributed by atoms with Gasteiger partial charge >= 0.3 is 5.97 Å². The molecule has 1 heterocycles.